The summed E-state index contributed by atoms with van der Waals surface area (Å²) >= 11 is 6.39. The molecule has 0 aliphatic heterocycles. The molecule has 0 bridgehead atoms. The molecule has 0 saturated heterocycles. The number of amides is 2. The average molecular weight is 556 g/mol. The molecule has 38 heavy (non-hydrogen) atoms. The maximum absolute atomic E-state index is 13.9. The van der Waals surface area contributed by atoms with Gasteiger partial charge < -0.3 is 10.2 Å². The van der Waals surface area contributed by atoms with Gasteiger partial charge in [0, 0.05) is 17.6 Å². The molecule has 2 amide bonds. The fourth-order valence-electron chi connectivity index (χ4n) is 4.02. The second-order valence-corrected chi connectivity index (χ2v) is 11.8. The van der Waals surface area contributed by atoms with Crippen molar-refractivity contribution in [1.29, 1.82) is 0 Å². The Bertz CT molecular complexity index is 1390. The van der Waals surface area contributed by atoms with Crippen LogP contribution in [0, 0.1) is 13.8 Å². The third-order valence-corrected chi connectivity index (χ3v) is 8.28. The Morgan fingerprint density at radius 2 is 1.55 bits per heavy atom. The molecule has 9 heteroatoms. The second-order valence-electron chi connectivity index (χ2n) is 9.57. The van der Waals surface area contributed by atoms with E-state index in [1.807, 2.05) is 32.9 Å². The van der Waals surface area contributed by atoms with Gasteiger partial charge in [0.15, 0.2) is 0 Å². The number of anilines is 1. The Kier molecular flexibility index (Phi) is 9.57. The van der Waals surface area contributed by atoms with Gasteiger partial charge in [0.25, 0.3) is 10.0 Å². The number of hydrogen-bond donors (Lipinski definition) is 1. The van der Waals surface area contributed by atoms with Crippen LogP contribution in [-0.2, 0) is 26.2 Å². The maximum atomic E-state index is 13.9. The molecule has 202 valence electrons. The molecule has 0 unspecified atom stereocenters. The number of carbonyl (C=O) groups excluding carboxylic acids is 2. The van der Waals surface area contributed by atoms with Gasteiger partial charge >= 0.3 is 0 Å². The molecule has 0 heterocycles. The lowest BCUT2D eigenvalue weighted by Crippen LogP contribution is -2.52. The standard InChI is InChI=1S/C29H34ClN3O4S/c1-20(2)31-29(35)23(5)32(18-24-11-9-10-14-26(24)30)28(34)19-33(27-17-21(3)15-16-22(27)4)38(36,37)25-12-7-6-8-13-25/h6-17,20,23H,18-19H2,1-5H3,(H,31,35)/t23-/m1/s1. The summed E-state index contributed by atoms with van der Waals surface area (Å²) in [4.78, 5) is 28.4. The van der Waals surface area contributed by atoms with Crippen LogP contribution in [-0.4, -0.2) is 43.8 Å². The van der Waals surface area contributed by atoms with Gasteiger partial charge in [-0.3, -0.25) is 13.9 Å². The molecule has 0 radical (unpaired) electrons. The van der Waals surface area contributed by atoms with Crippen molar-refractivity contribution >= 4 is 39.1 Å². The summed E-state index contributed by atoms with van der Waals surface area (Å²) in [5.41, 5.74) is 2.60. The van der Waals surface area contributed by atoms with Crippen LogP contribution in [0.15, 0.2) is 77.7 Å². The first-order valence-electron chi connectivity index (χ1n) is 12.4. The zero-order valence-electron chi connectivity index (χ0n) is 22.3. The summed E-state index contributed by atoms with van der Waals surface area (Å²) in [6, 6.07) is 19.5. The summed E-state index contributed by atoms with van der Waals surface area (Å²) in [6.07, 6.45) is 0. The highest BCUT2D eigenvalue weighted by molar-refractivity contribution is 7.92. The van der Waals surface area contributed by atoms with Gasteiger partial charge in [-0.05, 0) is 75.6 Å². The molecular formula is C29H34ClN3O4S. The summed E-state index contributed by atoms with van der Waals surface area (Å²) in [7, 11) is -4.11. The lowest BCUT2D eigenvalue weighted by atomic mass is 10.1. The van der Waals surface area contributed by atoms with Crippen molar-refractivity contribution in [2.45, 2.75) is 58.1 Å². The minimum Gasteiger partial charge on any atom is -0.352 e. The largest absolute Gasteiger partial charge is 0.352 e. The summed E-state index contributed by atoms with van der Waals surface area (Å²) in [6.45, 7) is 8.50. The monoisotopic (exact) mass is 555 g/mol. The van der Waals surface area contributed by atoms with Crippen LogP contribution in [0.1, 0.15) is 37.5 Å². The van der Waals surface area contributed by atoms with Crippen LogP contribution >= 0.6 is 11.6 Å². The number of nitrogens with one attached hydrogen (secondary N) is 1. The highest BCUT2D eigenvalue weighted by Gasteiger charge is 2.33. The van der Waals surface area contributed by atoms with E-state index in [0.717, 1.165) is 9.87 Å². The first-order valence-corrected chi connectivity index (χ1v) is 14.2. The third kappa shape index (κ3) is 6.94. The van der Waals surface area contributed by atoms with Gasteiger partial charge in [0.2, 0.25) is 11.8 Å². The third-order valence-electron chi connectivity index (χ3n) is 6.14. The van der Waals surface area contributed by atoms with Crippen molar-refractivity contribution < 1.29 is 18.0 Å². The van der Waals surface area contributed by atoms with E-state index >= 15 is 0 Å². The highest BCUT2D eigenvalue weighted by atomic mass is 35.5. The van der Waals surface area contributed by atoms with Gasteiger partial charge in [-0.2, -0.15) is 0 Å². The molecule has 3 aromatic carbocycles. The van der Waals surface area contributed by atoms with Gasteiger partial charge in [-0.15, -0.1) is 0 Å². The maximum Gasteiger partial charge on any atom is 0.264 e. The molecule has 0 aliphatic rings. The second kappa shape index (κ2) is 12.5. The SMILES string of the molecule is Cc1ccc(C)c(N(CC(=O)N(Cc2ccccc2Cl)[C@H](C)C(=O)NC(C)C)S(=O)(=O)c2ccccc2)c1. The molecule has 3 rings (SSSR count). The minimum atomic E-state index is -4.11. The van der Waals surface area contributed by atoms with Crippen LogP contribution < -0.4 is 9.62 Å². The van der Waals surface area contributed by atoms with E-state index in [2.05, 4.69) is 5.32 Å². The number of aryl methyl sites for hydroxylation is 2. The van der Waals surface area contributed by atoms with E-state index in [9.17, 15) is 18.0 Å². The fourth-order valence-corrected chi connectivity index (χ4v) is 5.71. The molecule has 0 aliphatic carbocycles. The van der Waals surface area contributed by atoms with E-state index in [0.29, 0.717) is 21.8 Å². The predicted molar refractivity (Wildman–Crippen MR) is 152 cm³/mol. The first kappa shape index (κ1) is 29.2. The Labute approximate surface area is 230 Å². The van der Waals surface area contributed by atoms with E-state index < -0.39 is 28.5 Å². The Hall–Kier alpha value is -3.36. The fraction of sp³-hybridized carbons (Fsp3) is 0.310. The van der Waals surface area contributed by atoms with Gasteiger partial charge in [-0.25, -0.2) is 8.42 Å². The zero-order valence-corrected chi connectivity index (χ0v) is 23.9. The van der Waals surface area contributed by atoms with Crippen molar-refractivity contribution in [1.82, 2.24) is 10.2 Å². The quantitative estimate of drug-likeness (QED) is 0.377. The lowest BCUT2D eigenvalue weighted by Gasteiger charge is -2.33. The highest BCUT2D eigenvalue weighted by Crippen LogP contribution is 2.29. The Morgan fingerprint density at radius 1 is 0.921 bits per heavy atom. The molecule has 0 aromatic heterocycles. The molecule has 1 N–H and O–H groups in total. The first-order chi connectivity index (χ1) is 17.9. The van der Waals surface area contributed by atoms with Crippen molar-refractivity contribution in [3.05, 3.63) is 94.5 Å². The number of nitrogens with zero attached hydrogens (tertiary/aromatic N) is 2. The molecule has 1 atom stereocenters. The van der Waals surface area contributed by atoms with Crippen LogP contribution in [0.4, 0.5) is 5.69 Å². The molecule has 0 spiro atoms. The van der Waals surface area contributed by atoms with E-state index in [4.69, 9.17) is 11.6 Å². The number of carbonyl (C=O) groups is 2. The van der Waals surface area contributed by atoms with Gasteiger partial charge in [-0.1, -0.05) is 60.1 Å². The number of hydrogen-bond acceptors (Lipinski definition) is 4. The van der Waals surface area contributed by atoms with Crippen molar-refractivity contribution in [3.63, 3.8) is 0 Å². The molecule has 7 nitrogen and oxygen atoms in total. The zero-order chi connectivity index (χ0) is 28.0. The number of benzene rings is 3. The molecular weight excluding hydrogens is 522 g/mol. The van der Waals surface area contributed by atoms with Crippen molar-refractivity contribution in [2.75, 3.05) is 10.8 Å². The van der Waals surface area contributed by atoms with E-state index in [-0.39, 0.29) is 23.4 Å². The smallest absolute Gasteiger partial charge is 0.264 e. The van der Waals surface area contributed by atoms with Crippen LogP contribution in [0.3, 0.4) is 0 Å². The van der Waals surface area contributed by atoms with E-state index in [1.54, 1.807) is 62.4 Å². The van der Waals surface area contributed by atoms with Crippen molar-refractivity contribution in [2.24, 2.45) is 0 Å². The Balaban J connectivity index is 2.08. The number of rotatable bonds is 10. The molecule has 0 saturated carbocycles. The predicted octanol–water partition coefficient (Wildman–Crippen LogP) is 5.09. The average Bonchev–Trinajstić information content (AvgIpc) is 2.88. The summed E-state index contributed by atoms with van der Waals surface area (Å²) < 4.78 is 28.9. The summed E-state index contributed by atoms with van der Waals surface area (Å²) in [5.74, 6) is -0.874. The van der Waals surface area contributed by atoms with Gasteiger partial charge in [0.1, 0.15) is 12.6 Å². The molecule has 3 aromatic rings. The van der Waals surface area contributed by atoms with Crippen LogP contribution in [0.2, 0.25) is 5.02 Å². The Morgan fingerprint density at radius 3 is 2.18 bits per heavy atom. The molecule has 0 fully saturated rings. The van der Waals surface area contributed by atoms with Crippen LogP contribution in [0.5, 0.6) is 0 Å². The number of halogens is 1. The van der Waals surface area contributed by atoms with Crippen LogP contribution in [0.25, 0.3) is 0 Å². The van der Waals surface area contributed by atoms with Gasteiger partial charge in [0.05, 0.1) is 10.6 Å². The normalized spacial score (nSPS) is 12.2. The minimum absolute atomic E-state index is 0.0389. The lowest BCUT2D eigenvalue weighted by molar-refractivity contribution is -0.139. The summed E-state index contributed by atoms with van der Waals surface area (Å²) in [5, 5.41) is 3.29. The van der Waals surface area contributed by atoms with E-state index in [1.165, 1.54) is 17.0 Å². The number of sulfonamides is 1. The van der Waals surface area contributed by atoms with Crippen molar-refractivity contribution in [3.8, 4) is 0 Å². The topological polar surface area (TPSA) is 86.8 Å².